The molecule has 0 aliphatic carbocycles. The van der Waals surface area contributed by atoms with Gasteiger partial charge in [0.05, 0.1) is 0 Å². The van der Waals surface area contributed by atoms with Crippen LogP contribution in [0.25, 0.3) is 0 Å². The van der Waals surface area contributed by atoms with Crippen molar-refractivity contribution in [2.24, 2.45) is 5.41 Å². The van der Waals surface area contributed by atoms with Crippen LogP contribution in [0.2, 0.25) is 0 Å². The van der Waals surface area contributed by atoms with Crippen LogP contribution in [-0.4, -0.2) is 37.6 Å². The summed E-state index contributed by atoms with van der Waals surface area (Å²) in [6.45, 7) is 12.6. The molecular formula is C16H30N2S. The molecule has 0 aromatic carbocycles. The molecule has 1 heterocycles. The highest BCUT2D eigenvalue weighted by molar-refractivity contribution is 7.09. The number of hydrogen-bond acceptors (Lipinski definition) is 3. The van der Waals surface area contributed by atoms with Gasteiger partial charge in [0.25, 0.3) is 0 Å². The molecule has 0 aliphatic heterocycles. The first-order valence-electron chi connectivity index (χ1n) is 7.38. The highest BCUT2D eigenvalue weighted by atomic mass is 32.1. The molecule has 1 atom stereocenters. The predicted molar refractivity (Wildman–Crippen MR) is 87.1 cm³/mol. The van der Waals surface area contributed by atoms with Crippen molar-refractivity contribution < 1.29 is 0 Å². The number of hydrogen-bond donors (Lipinski definition) is 1. The molecule has 0 spiro atoms. The average molecular weight is 282 g/mol. The molecule has 2 nitrogen and oxygen atoms in total. The summed E-state index contributed by atoms with van der Waals surface area (Å²) < 4.78 is 0. The Bertz CT molecular complexity index is 333. The van der Waals surface area contributed by atoms with E-state index in [0.29, 0.717) is 11.5 Å². The summed E-state index contributed by atoms with van der Waals surface area (Å²) in [5, 5.41) is 5.71. The van der Waals surface area contributed by atoms with Crippen LogP contribution < -0.4 is 5.32 Å². The summed E-state index contributed by atoms with van der Waals surface area (Å²) in [6.07, 6.45) is 2.37. The smallest absolute Gasteiger partial charge is 0.0112 e. The lowest BCUT2D eigenvalue weighted by Crippen LogP contribution is -2.43. The van der Waals surface area contributed by atoms with Gasteiger partial charge in [0.2, 0.25) is 0 Å². The molecule has 19 heavy (non-hydrogen) atoms. The molecule has 0 aliphatic rings. The van der Waals surface area contributed by atoms with Crippen molar-refractivity contribution in [2.75, 3.05) is 26.7 Å². The van der Waals surface area contributed by atoms with E-state index < -0.39 is 0 Å². The van der Waals surface area contributed by atoms with E-state index in [-0.39, 0.29) is 0 Å². The summed E-state index contributed by atoms with van der Waals surface area (Å²) >= 11 is 1.86. The van der Waals surface area contributed by atoms with Crippen LogP contribution in [-0.2, 0) is 6.42 Å². The molecule has 1 unspecified atom stereocenters. The lowest BCUT2D eigenvalue weighted by Gasteiger charge is -2.34. The Kier molecular flexibility index (Phi) is 7.05. The summed E-state index contributed by atoms with van der Waals surface area (Å²) in [5.41, 5.74) is 0.327. The fourth-order valence-electron chi connectivity index (χ4n) is 2.37. The quantitative estimate of drug-likeness (QED) is 0.696. The topological polar surface area (TPSA) is 15.3 Å². The Hall–Kier alpha value is -0.380. The predicted octanol–water partition coefficient (Wildman–Crippen LogP) is 3.64. The van der Waals surface area contributed by atoms with Crippen LogP contribution in [0.1, 0.15) is 39.0 Å². The van der Waals surface area contributed by atoms with Gasteiger partial charge >= 0.3 is 0 Å². The van der Waals surface area contributed by atoms with Gasteiger partial charge in [-0.15, -0.1) is 11.3 Å². The third-order valence-electron chi connectivity index (χ3n) is 3.54. The molecule has 0 saturated heterocycles. The van der Waals surface area contributed by atoms with Gasteiger partial charge < -0.3 is 10.2 Å². The Morgan fingerprint density at radius 3 is 2.74 bits per heavy atom. The highest BCUT2D eigenvalue weighted by Crippen LogP contribution is 2.19. The first-order valence-corrected chi connectivity index (χ1v) is 8.26. The molecule has 1 aromatic heterocycles. The van der Waals surface area contributed by atoms with Crippen molar-refractivity contribution in [3.05, 3.63) is 22.4 Å². The summed E-state index contributed by atoms with van der Waals surface area (Å²) in [7, 11) is 2.25. The van der Waals surface area contributed by atoms with Crippen LogP contribution in [0.5, 0.6) is 0 Å². The maximum atomic E-state index is 3.54. The Morgan fingerprint density at radius 2 is 2.16 bits per heavy atom. The number of rotatable bonds is 9. The minimum absolute atomic E-state index is 0.327. The molecule has 0 radical (unpaired) electrons. The van der Waals surface area contributed by atoms with Crippen molar-refractivity contribution in [1.82, 2.24) is 10.2 Å². The van der Waals surface area contributed by atoms with Crippen molar-refractivity contribution >= 4 is 11.3 Å². The van der Waals surface area contributed by atoms with E-state index in [1.165, 1.54) is 11.3 Å². The third kappa shape index (κ3) is 6.55. The van der Waals surface area contributed by atoms with Crippen LogP contribution in [0.3, 0.4) is 0 Å². The first kappa shape index (κ1) is 16.7. The van der Waals surface area contributed by atoms with E-state index in [9.17, 15) is 0 Å². The number of likely N-dealkylation sites (N-methyl/N-ethyl adjacent to an activating group) is 1. The molecule has 3 heteroatoms. The van der Waals surface area contributed by atoms with Crippen molar-refractivity contribution in [1.29, 1.82) is 0 Å². The maximum Gasteiger partial charge on any atom is 0.0112 e. The van der Waals surface area contributed by atoms with E-state index in [1.54, 1.807) is 0 Å². The second kappa shape index (κ2) is 8.03. The molecule has 0 amide bonds. The van der Waals surface area contributed by atoms with Crippen molar-refractivity contribution in [3.8, 4) is 0 Å². The van der Waals surface area contributed by atoms with E-state index in [0.717, 1.165) is 26.1 Å². The molecule has 0 saturated carbocycles. The van der Waals surface area contributed by atoms with E-state index >= 15 is 0 Å². The highest BCUT2D eigenvalue weighted by Gasteiger charge is 2.22. The Balaban J connectivity index is 2.37. The number of nitrogens with zero attached hydrogens (tertiary/aromatic N) is 1. The lowest BCUT2D eigenvalue weighted by molar-refractivity contribution is 0.165. The normalized spacial score (nSPS) is 14.0. The zero-order valence-electron chi connectivity index (χ0n) is 13.2. The van der Waals surface area contributed by atoms with E-state index in [2.05, 4.69) is 62.5 Å². The summed E-state index contributed by atoms with van der Waals surface area (Å²) in [6, 6.07) is 4.98. The molecule has 0 bridgehead atoms. The van der Waals surface area contributed by atoms with Gasteiger partial charge in [-0.1, -0.05) is 26.8 Å². The lowest BCUT2D eigenvalue weighted by atomic mass is 9.92. The summed E-state index contributed by atoms with van der Waals surface area (Å²) in [4.78, 5) is 3.98. The van der Waals surface area contributed by atoms with Gasteiger partial charge in [-0.3, -0.25) is 0 Å². The second-order valence-electron chi connectivity index (χ2n) is 6.39. The molecule has 110 valence electrons. The van der Waals surface area contributed by atoms with Gasteiger partial charge in [-0.2, -0.15) is 0 Å². The average Bonchev–Trinajstić information content (AvgIpc) is 2.81. The molecule has 1 rings (SSSR count). The molecular weight excluding hydrogens is 252 g/mol. The maximum absolute atomic E-state index is 3.54. The third-order valence-corrected chi connectivity index (χ3v) is 4.44. The fraction of sp³-hybridized carbons (Fsp3) is 0.750. The van der Waals surface area contributed by atoms with E-state index in [4.69, 9.17) is 0 Å². The molecule has 0 fully saturated rings. The minimum atomic E-state index is 0.327. The van der Waals surface area contributed by atoms with Gasteiger partial charge in [-0.25, -0.2) is 0 Å². The SMILES string of the molecule is CCCNCC(C)(C)CN(C)C(C)Cc1cccs1. The van der Waals surface area contributed by atoms with Gasteiger partial charge in [-0.05, 0) is 50.2 Å². The van der Waals surface area contributed by atoms with Crippen LogP contribution in [0.4, 0.5) is 0 Å². The minimum Gasteiger partial charge on any atom is -0.316 e. The molecule has 1 aromatic rings. The number of thiophene rings is 1. The van der Waals surface area contributed by atoms with Crippen LogP contribution in [0.15, 0.2) is 17.5 Å². The van der Waals surface area contributed by atoms with Crippen molar-refractivity contribution in [3.63, 3.8) is 0 Å². The van der Waals surface area contributed by atoms with Gasteiger partial charge in [0.15, 0.2) is 0 Å². The monoisotopic (exact) mass is 282 g/mol. The Labute approximate surface area is 123 Å². The van der Waals surface area contributed by atoms with Crippen LogP contribution >= 0.6 is 11.3 Å². The number of nitrogens with one attached hydrogen (secondary N) is 1. The van der Waals surface area contributed by atoms with Gasteiger partial charge in [0, 0.05) is 24.0 Å². The largest absolute Gasteiger partial charge is 0.316 e. The fourth-order valence-corrected chi connectivity index (χ4v) is 3.19. The zero-order chi connectivity index (χ0) is 14.3. The van der Waals surface area contributed by atoms with Gasteiger partial charge in [0.1, 0.15) is 0 Å². The van der Waals surface area contributed by atoms with Crippen LogP contribution in [0, 0.1) is 5.41 Å². The van der Waals surface area contributed by atoms with Crippen molar-refractivity contribution in [2.45, 2.75) is 46.6 Å². The second-order valence-corrected chi connectivity index (χ2v) is 7.42. The Morgan fingerprint density at radius 1 is 1.42 bits per heavy atom. The summed E-state index contributed by atoms with van der Waals surface area (Å²) in [5.74, 6) is 0. The standard InChI is InChI=1S/C16H30N2S/c1-6-9-17-12-16(3,4)13-18(5)14(2)11-15-8-7-10-19-15/h7-8,10,14,17H,6,9,11-13H2,1-5H3. The van der Waals surface area contributed by atoms with E-state index in [1.807, 2.05) is 11.3 Å². The molecule has 1 N–H and O–H groups in total. The zero-order valence-corrected chi connectivity index (χ0v) is 14.0. The first-order chi connectivity index (χ1) is 8.94.